The number of carbonyl (C=O) groups is 1. The highest BCUT2D eigenvalue weighted by Crippen LogP contribution is 2.27. The van der Waals surface area contributed by atoms with E-state index in [1.165, 1.54) is 11.3 Å². The highest BCUT2D eigenvalue weighted by atomic mass is 79.9. The van der Waals surface area contributed by atoms with Crippen LogP contribution in [0.15, 0.2) is 28.9 Å². The number of aromatic carboxylic acids is 1. The molecule has 0 atom stereocenters. The summed E-state index contributed by atoms with van der Waals surface area (Å²) in [5.41, 5.74) is 1.65. The summed E-state index contributed by atoms with van der Waals surface area (Å²) >= 11 is 4.56. The van der Waals surface area contributed by atoms with Gasteiger partial charge in [-0.2, -0.15) is 0 Å². The van der Waals surface area contributed by atoms with Crippen LogP contribution in [-0.2, 0) is 0 Å². The molecule has 16 heavy (non-hydrogen) atoms. The topological polar surface area (TPSA) is 54.6 Å². The van der Waals surface area contributed by atoms with Crippen molar-refractivity contribution in [3.63, 3.8) is 0 Å². The average Bonchev–Trinajstić information content (AvgIpc) is 2.73. The third-order valence-electron chi connectivity index (χ3n) is 2.28. The lowest BCUT2D eigenvalue weighted by Gasteiger charge is -1.93. The second kappa shape index (κ2) is 3.29. The standard InChI is InChI=1S/C10H5BrN2O2S/c11-5-1-2-13-6-4-7(10(14)15)16-9(6)12-8(13)3-5/h1-4H,(H,14,15). The number of hydrogen-bond donors (Lipinski definition) is 1. The van der Waals surface area contributed by atoms with Gasteiger partial charge in [0.25, 0.3) is 0 Å². The van der Waals surface area contributed by atoms with Crippen LogP contribution in [0.2, 0.25) is 0 Å². The van der Waals surface area contributed by atoms with Gasteiger partial charge in [-0.15, -0.1) is 11.3 Å². The number of thiophene rings is 1. The third kappa shape index (κ3) is 1.34. The molecule has 0 aliphatic heterocycles. The molecule has 0 amide bonds. The fourth-order valence-electron chi connectivity index (χ4n) is 1.59. The molecule has 0 aromatic carbocycles. The molecule has 4 nitrogen and oxygen atoms in total. The van der Waals surface area contributed by atoms with Crippen LogP contribution < -0.4 is 0 Å². The van der Waals surface area contributed by atoms with Crippen molar-refractivity contribution in [3.05, 3.63) is 33.7 Å². The number of pyridine rings is 1. The Morgan fingerprint density at radius 3 is 3.06 bits per heavy atom. The van der Waals surface area contributed by atoms with E-state index in [-0.39, 0.29) is 0 Å². The van der Waals surface area contributed by atoms with Gasteiger partial charge in [-0.1, -0.05) is 15.9 Å². The smallest absolute Gasteiger partial charge is 0.346 e. The Labute approximate surface area is 102 Å². The number of nitrogens with zero attached hydrogens (tertiary/aromatic N) is 2. The van der Waals surface area contributed by atoms with Gasteiger partial charge in [-0.3, -0.25) is 4.40 Å². The number of halogens is 1. The predicted molar refractivity (Wildman–Crippen MR) is 65.2 cm³/mol. The second-order valence-electron chi connectivity index (χ2n) is 3.29. The molecule has 1 N–H and O–H groups in total. The van der Waals surface area contributed by atoms with E-state index in [1.54, 1.807) is 6.07 Å². The lowest BCUT2D eigenvalue weighted by molar-refractivity contribution is 0.0702. The Morgan fingerprint density at radius 2 is 2.31 bits per heavy atom. The summed E-state index contributed by atoms with van der Waals surface area (Å²) in [6, 6.07) is 5.44. The number of imidazole rings is 1. The number of aromatic nitrogens is 2. The molecule has 3 rings (SSSR count). The highest BCUT2D eigenvalue weighted by molar-refractivity contribution is 9.10. The zero-order chi connectivity index (χ0) is 11.3. The van der Waals surface area contributed by atoms with Crippen molar-refractivity contribution >= 4 is 49.2 Å². The molecule has 6 heteroatoms. The maximum atomic E-state index is 10.8. The maximum absolute atomic E-state index is 10.8. The van der Waals surface area contributed by atoms with E-state index in [0.717, 1.165) is 20.5 Å². The van der Waals surface area contributed by atoms with Gasteiger partial charge < -0.3 is 5.11 Å². The minimum Gasteiger partial charge on any atom is -0.477 e. The van der Waals surface area contributed by atoms with Crippen molar-refractivity contribution in [1.82, 2.24) is 9.38 Å². The average molecular weight is 297 g/mol. The Kier molecular flexibility index (Phi) is 2.02. The van der Waals surface area contributed by atoms with Crippen LogP contribution >= 0.6 is 27.3 Å². The Bertz CT molecular complexity index is 716. The van der Waals surface area contributed by atoms with Crippen molar-refractivity contribution in [2.45, 2.75) is 0 Å². The zero-order valence-electron chi connectivity index (χ0n) is 7.85. The number of fused-ring (bicyclic) bond motifs is 3. The molecule has 80 valence electrons. The minimum absolute atomic E-state index is 0.315. The number of carboxylic acids is 1. The van der Waals surface area contributed by atoms with E-state index in [1.807, 2.05) is 22.7 Å². The van der Waals surface area contributed by atoms with Crippen LogP contribution in [0.1, 0.15) is 9.67 Å². The third-order valence-corrected chi connectivity index (χ3v) is 3.78. The summed E-state index contributed by atoms with van der Waals surface area (Å²) in [6.07, 6.45) is 1.87. The van der Waals surface area contributed by atoms with Gasteiger partial charge in [-0.05, 0) is 18.2 Å². The second-order valence-corrected chi connectivity index (χ2v) is 5.24. The predicted octanol–water partition coefficient (Wildman–Crippen LogP) is 3.01. The minimum atomic E-state index is -0.908. The van der Waals surface area contributed by atoms with E-state index in [4.69, 9.17) is 5.11 Å². The lowest BCUT2D eigenvalue weighted by Crippen LogP contribution is -1.90. The molecular weight excluding hydrogens is 292 g/mol. The van der Waals surface area contributed by atoms with Gasteiger partial charge in [0.05, 0.1) is 5.52 Å². The van der Waals surface area contributed by atoms with Gasteiger partial charge in [0.2, 0.25) is 0 Å². The largest absolute Gasteiger partial charge is 0.477 e. The van der Waals surface area contributed by atoms with E-state index >= 15 is 0 Å². The van der Waals surface area contributed by atoms with Crippen LogP contribution in [0.5, 0.6) is 0 Å². The Morgan fingerprint density at radius 1 is 1.50 bits per heavy atom. The molecule has 3 aromatic heterocycles. The summed E-state index contributed by atoms with van der Waals surface area (Å²) in [5, 5.41) is 8.89. The molecular formula is C10H5BrN2O2S. The molecule has 0 unspecified atom stereocenters. The van der Waals surface area contributed by atoms with Crippen molar-refractivity contribution in [3.8, 4) is 0 Å². The van der Waals surface area contributed by atoms with Gasteiger partial charge in [0.15, 0.2) is 0 Å². The van der Waals surface area contributed by atoms with E-state index in [0.29, 0.717) is 4.88 Å². The number of hydrogen-bond acceptors (Lipinski definition) is 3. The van der Waals surface area contributed by atoms with Gasteiger partial charge in [0.1, 0.15) is 15.4 Å². The van der Waals surface area contributed by atoms with Crippen molar-refractivity contribution in [2.75, 3.05) is 0 Å². The van der Waals surface area contributed by atoms with Gasteiger partial charge in [0, 0.05) is 10.7 Å². The molecule has 0 saturated carbocycles. The highest BCUT2D eigenvalue weighted by Gasteiger charge is 2.13. The monoisotopic (exact) mass is 296 g/mol. The summed E-state index contributed by atoms with van der Waals surface area (Å²) in [4.78, 5) is 16.3. The van der Waals surface area contributed by atoms with Crippen LogP contribution in [0.25, 0.3) is 16.0 Å². The van der Waals surface area contributed by atoms with Gasteiger partial charge in [-0.25, -0.2) is 9.78 Å². The normalized spacial score (nSPS) is 11.3. The summed E-state index contributed by atoms with van der Waals surface area (Å²) in [6.45, 7) is 0. The molecule has 0 spiro atoms. The Balaban J connectivity index is 2.38. The molecule has 0 aliphatic rings. The van der Waals surface area contributed by atoms with E-state index in [9.17, 15) is 4.79 Å². The number of carboxylic acid groups (broad SMARTS) is 1. The molecule has 3 heterocycles. The van der Waals surface area contributed by atoms with E-state index < -0.39 is 5.97 Å². The lowest BCUT2D eigenvalue weighted by atomic mass is 10.4. The van der Waals surface area contributed by atoms with Crippen LogP contribution in [0.3, 0.4) is 0 Å². The van der Waals surface area contributed by atoms with Gasteiger partial charge >= 0.3 is 5.97 Å². The summed E-state index contributed by atoms with van der Waals surface area (Å²) in [7, 11) is 0. The molecule has 0 fully saturated rings. The van der Waals surface area contributed by atoms with Crippen LogP contribution in [0.4, 0.5) is 0 Å². The zero-order valence-corrected chi connectivity index (χ0v) is 10.2. The van der Waals surface area contributed by atoms with Crippen molar-refractivity contribution in [1.29, 1.82) is 0 Å². The first-order valence-electron chi connectivity index (χ1n) is 4.45. The maximum Gasteiger partial charge on any atom is 0.346 e. The van der Waals surface area contributed by atoms with Crippen molar-refractivity contribution < 1.29 is 9.90 Å². The van der Waals surface area contributed by atoms with Crippen LogP contribution in [-0.4, -0.2) is 20.5 Å². The van der Waals surface area contributed by atoms with Crippen LogP contribution in [0, 0.1) is 0 Å². The SMILES string of the molecule is O=C(O)c1cc2c(nc3cc(Br)ccn32)s1. The summed E-state index contributed by atoms with van der Waals surface area (Å²) < 4.78 is 2.83. The fourth-order valence-corrected chi connectivity index (χ4v) is 2.78. The molecule has 3 aromatic rings. The quantitative estimate of drug-likeness (QED) is 0.751. The first-order chi connectivity index (χ1) is 7.65. The Hall–Kier alpha value is -1.40. The fraction of sp³-hybridized carbons (Fsp3) is 0. The summed E-state index contributed by atoms with van der Waals surface area (Å²) in [5.74, 6) is -0.908. The molecule has 0 radical (unpaired) electrons. The first-order valence-corrected chi connectivity index (χ1v) is 6.06. The van der Waals surface area contributed by atoms with E-state index in [2.05, 4.69) is 20.9 Å². The molecule has 0 saturated heterocycles. The number of rotatable bonds is 1. The molecule has 0 bridgehead atoms. The van der Waals surface area contributed by atoms with Crippen molar-refractivity contribution in [2.24, 2.45) is 0 Å². The first kappa shape index (κ1) is 9.80. The molecule has 0 aliphatic carbocycles.